The summed E-state index contributed by atoms with van der Waals surface area (Å²) in [4.78, 5) is 20.8. The van der Waals surface area contributed by atoms with E-state index in [1.807, 2.05) is 12.1 Å². The zero-order valence-corrected chi connectivity index (χ0v) is 20.5. The van der Waals surface area contributed by atoms with Crippen LogP contribution in [-0.4, -0.2) is 38.8 Å². The van der Waals surface area contributed by atoms with Gasteiger partial charge < -0.3 is 0 Å². The zero-order valence-electron chi connectivity index (χ0n) is 18.4. The second kappa shape index (κ2) is 7.49. The molecular formula is C24H20F2IN6O-. The molecule has 2 atom stereocenters. The van der Waals surface area contributed by atoms with Gasteiger partial charge in [-0.3, -0.25) is 0 Å². The Morgan fingerprint density at radius 3 is 2.68 bits per heavy atom. The van der Waals surface area contributed by atoms with Crippen molar-refractivity contribution in [3.05, 3.63) is 87.7 Å². The second-order valence-electron chi connectivity index (χ2n) is 9.19. The molecule has 0 radical (unpaired) electrons. The van der Waals surface area contributed by atoms with Crippen LogP contribution in [0.25, 0.3) is 17.2 Å². The molecular weight excluding hydrogens is 553 g/mol. The van der Waals surface area contributed by atoms with Gasteiger partial charge in [-0.25, -0.2) is 0 Å². The van der Waals surface area contributed by atoms with E-state index < -0.39 is 17.0 Å². The number of alkyl halides is 2. The molecule has 1 fully saturated rings. The predicted octanol–water partition coefficient (Wildman–Crippen LogP) is 0.203. The second-order valence-corrected chi connectivity index (χ2v) is 11.9. The molecule has 4 aromatic rings. The van der Waals surface area contributed by atoms with Crippen molar-refractivity contribution in [3.8, 4) is 17.2 Å². The van der Waals surface area contributed by atoms with Crippen LogP contribution in [0.15, 0.2) is 53.6 Å². The SMILES string of the molecule is CC1(C)[C@H]2C[I-]C[C@]1(c1ccnc(-n3ccc(=O)[nH]3)n1)c1nnc(-c3c(F)cccc3F)cc12. The molecule has 10 heteroatoms. The van der Waals surface area contributed by atoms with Crippen LogP contribution in [0.4, 0.5) is 8.78 Å². The van der Waals surface area contributed by atoms with Gasteiger partial charge in [0.25, 0.3) is 0 Å². The van der Waals surface area contributed by atoms with E-state index in [4.69, 9.17) is 4.98 Å². The van der Waals surface area contributed by atoms with Crippen molar-refractivity contribution in [2.24, 2.45) is 5.41 Å². The third-order valence-corrected chi connectivity index (χ3v) is 10.4. The summed E-state index contributed by atoms with van der Waals surface area (Å²) in [6.07, 6.45) is 3.29. The molecule has 1 aromatic carbocycles. The number of hydrogen-bond donors (Lipinski definition) is 1. The number of aromatic amines is 1. The Morgan fingerprint density at radius 2 is 1.94 bits per heavy atom. The molecule has 1 N–H and O–H groups in total. The predicted molar refractivity (Wildman–Crippen MR) is 116 cm³/mol. The first-order valence-electron chi connectivity index (χ1n) is 10.8. The van der Waals surface area contributed by atoms with Crippen molar-refractivity contribution < 1.29 is 30.0 Å². The van der Waals surface area contributed by atoms with Crippen molar-refractivity contribution in [2.45, 2.75) is 25.2 Å². The van der Waals surface area contributed by atoms with E-state index in [0.717, 1.165) is 25.8 Å². The average molecular weight is 573 g/mol. The summed E-state index contributed by atoms with van der Waals surface area (Å²) >= 11 is -0.166. The van der Waals surface area contributed by atoms with Crippen molar-refractivity contribution in [1.29, 1.82) is 0 Å². The third-order valence-electron chi connectivity index (χ3n) is 7.25. The maximum atomic E-state index is 14.5. The number of halogens is 3. The van der Waals surface area contributed by atoms with Gasteiger partial charge in [0, 0.05) is 0 Å². The van der Waals surface area contributed by atoms with Gasteiger partial charge in [0.05, 0.1) is 0 Å². The molecule has 0 amide bonds. The van der Waals surface area contributed by atoms with Gasteiger partial charge in [-0.05, 0) is 0 Å². The topological polar surface area (TPSA) is 89.4 Å². The molecule has 2 aliphatic rings. The number of benzene rings is 1. The Labute approximate surface area is 203 Å². The quantitative estimate of drug-likeness (QED) is 0.280. The molecule has 34 heavy (non-hydrogen) atoms. The summed E-state index contributed by atoms with van der Waals surface area (Å²) in [7, 11) is 0. The molecule has 0 saturated carbocycles. The number of rotatable bonds is 3. The molecule has 4 heterocycles. The van der Waals surface area contributed by atoms with E-state index in [1.165, 1.54) is 28.9 Å². The standard InChI is InChI=1S/C24H20F2IN6O/c1-23(2)14-11-27-12-24(23,18-6-8-28-22(29-18)33-9-7-19(34)32-33)21-13(14)10-17(30-31-21)20-15(25)4-3-5-16(20)26/h3-10,14H,11-12H2,1-2H3,(H,32,34)/q-1/t14-,24-/m0/s1. The van der Waals surface area contributed by atoms with E-state index in [1.54, 1.807) is 12.4 Å². The van der Waals surface area contributed by atoms with E-state index in [9.17, 15) is 13.6 Å². The Balaban J connectivity index is 1.56. The molecule has 174 valence electrons. The summed E-state index contributed by atoms with van der Waals surface area (Å²) in [6.45, 7) is 4.43. The van der Waals surface area contributed by atoms with E-state index in [-0.39, 0.29) is 49.4 Å². The van der Waals surface area contributed by atoms with Crippen molar-refractivity contribution in [1.82, 2.24) is 29.9 Å². The fourth-order valence-electron chi connectivity index (χ4n) is 5.35. The zero-order chi connectivity index (χ0) is 23.7. The molecule has 0 spiro atoms. The van der Waals surface area contributed by atoms with E-state index >= 15 is 0 Å². The van der Waals surface area contributed by atoms with E-state index in [2.05, 4.69) is 34.1 Å². The van der Waals surface area contributed by atoms with Gasteiger partial charge in [0.1, 0.15) is 0 Å². The van der Waals surface area contributed by atoms with Crippen molar-refractivity contribution in [2.75, 3.05) is 8.86 Å². The van der Waals surface area contributed by atoms with Gasteiger partial charge >= 0.3 is 204 Å². The van der Waals surface area contributed by atoms with Crippen LogP contribution in [0.1, 0.15) is 36.7 Å². The number of nitrogens with one attached hydrogen (secondary N) is 1. The van der Waals surface area contributed by atoms with Crippen molar-refractivity contribution >= 4 is 0 Å². The Bertz CT molecular complexity index is 1480. The molecule has 1 aliphatic carbocycles. The fraction of sp³-hybridized carbons (Fsp3) is 0.292. The monoisotopic (exact) mass is 573 g/mol. The normalized spacial score (nSPS) is 22.8. The summed E-state index contributed by atoms with van der Waals surface area (Å²) in [6, 6.07) is 8.95. The first kappa shape index (κ1) is 21.5. The molecule has 0 unspecified atom stereocenters. The van der Waals surface area contributed by atoms with Crippen LogP contribution in [0.5, 0.6) is 0 Å². The van der Waals surface area contributed by atoms with Crippen LogP contribution in [0, 0.1) is 17.0 Å². The fourth-order valence-corrected chi connectivity index (χ4v) is 10.4. The number of nitrogens with zero attached hydrogens (tertiary/aromatic N) is 5. The number of H-pyrrole nitrogens is 1. The van der Waals surface area contributed by atoms with Crippen LogP contribution in [0.2, 0.25) is 0 Å². The Morgan fingerprint density at radius 1 is 1.15 bits per heavy atom. The van der Waals surface area contributed by atoms with Gasteiger partial charge in [-0.1, -0.05) is 0 Å². The van der Waals surface area contributed by atoms with Gasteiger partial charge in [-0.15, -0.1) is 0 Å². The average Bonchev–Trinajstić information content (AvgIpc) is 3.25. The summed E-state index contributed by atoms with van der Waals surface area (Å²) in [5.41, 5.74) is 1.71. The summed E-state index contributed by atoms with van der Waals surface area (Å²) < 4.78 is 32.5. The van der Waals surface area contributed by atoms with Crippen LogP contribution >= 0.6 is 0 Å². The van der Waals surface area contributed by atoms with Crippen LogP contribution < -0.4 is 26.8 Å². The van der Waals surface area contributed by atoms with Gasteiger partial charge in [-0.2, -0.15) is 0 Å². The van der Waals surface area contributed by atoms with Crippen LogP contribution in [0.3, 0.4) is 0 Å². The first-order chi connectivity index (χ1) is 16.3. The molecule has 1 saturated heterocycles. The van der Waals surface area contributed by atoms with E-state index in [0.29, 0.717) is 5.95 Å². The molecule has 2 bridgehead atoms. The number of fused-ring (bicyclic) bond motifs is 5. The minimum atomic E-state index is -0.655. The van der Waals surface area contributed by atoms with Gasteiger partial charge in [0.15, 0.2) is 0 Å². The summed E-state index contributed by atoms with van der Waals surface area (Å²) in [5, 5.41) is 11.6. The third kappa shape index (κ3) is 2.87. The number of hydrogen-bond acceptors (Lipinski definition) is 5. The van der Waals surface area contributed by atoms with Crippen LogP contribution in [-0.2, 0) is 5.41 Å². The van der Waals surface area contributed by atoms with Gasteiger partial charge in [0.2, 0.25) is 0 Å². The Kier molecular flexibility index (Phi) is 4.74. The molecule has 7 nitrogen and oxygen atoms in total. The molecule has 3 aromatic heterocycles. The number of aromatic nitrogens is 6. The molecule has 1 aliphatic heterocycles. The van der Waals surface area contributed by atoms with Crippen molar-refractivity contribution in [3.63, 3.8) is 0 Å². The summed E-state index contributed by atoms with van der Waals surface area (Å²) in [5.74, 6) is -0.759. The Hall–Kier alpha value is -3.02. The minimum absolute atomic E-state index is 0.151. The first-order valence-corrected chi connectivity index (χ1v) is 13.9. The molecule has 6 rings (SSSR count). The maximum absolute atomic E-state index is 14.5.